The summed E-state index contributed by atoms with van der Waals surface area (Å²) in [7, 11) is 15.6. The van der Waals surface area contributed by atoms with Gasteiger partial charge in [-0.2, -0.15) is 0 Å². The summed E-state index contributed by atoms with van der Waals surface area (Å²) in [5, 5.41) is 6.96. The molecule has 4 aromatic rings. The normalized spacial score (nSPS) is 16.1. The van der Waals surface area contributed by atoms with Crippen molar-refractivity contribution < 1.29 is 20.6 Å². The summed E-state index contributed by atoms with van der Waals surface area (Å²) < 4.78 is 0. The van der Waals surface area contributed by atoms with Crippen molar-refractivity contribution in [2.75, 3.05) is 86.3 Å². The molecule has 408 valence electrons. The Kier molecular flexibility index (Phi) is 27.7. The fourth-order valence-electron chi connectivity index (χ4n) is 9.50. The maximum atomic E-state index is 11.3. The number of piperidine rings is 4. The van der Waals surface area contributed by atoms with Crippen molar-refractivity contribution >= 4 is 69.5 Å². The molecular formula is C61H91B3N8O4. The summed E-state index contributed by atoms with van der Waals surface area (Å²) in [4.78, 5) is 53.5. The van der Waals surface area contributed by atoms with Gasteiger partial charge in [0.1, 0.15) is 5.78 Å². The predicted molar refractivity (Wildman–Crippen MR) is 323 cm³/mol. The van der Waals surface area contributed by atoms with Crippen LogP contribution in [0.25, 0.3) is 0 Å². The molecule has 4 N–H and O–H groups in total. The number of carbonyl (C=O) groups is 4. The molecule has 76 heavy (non-hydrogen) atoms. The van der Waals surface area contributed by atoms with E-state index in [0.717, 1.165) is 88.8 Å². The Bertz CT molecular complexity index is 2270. The van der Waals surface area contributed by atoms with Gasteiger partial charge in [0, 0.05) is 108 Å². The zero-order valence-electron chi connectivity index (χ0n) is 47.4. The van der Waals surface area contributed by atoms with E-state index in [9.17, 15) is 19.2 Å². The lowest BCUT2D eigenvalue weighted by Crippen LogP contribution is -2.47. The number of nitrogens with one attached hydrogen (secondary N) is 2. The molecule has 0 aliphatic carbocycles. The van der Waals surface area contributed by atoms with Gasteiger partial charge in [-0.25, -0.2) is 0 Å². The molecule has 8 rings (SSSR count). The Morgan fingerprint density at radius 3 is 1.26 bits per heavy atom. The highest BCUT2D eigenvalue weighted by Crippen LogP contribution is 2.27. The topological polar surface area (TPSA) is 135 Å². The summed E-state index contributed by atoms with van der Waals surface area (Å²) in [5.74, 6) is 0.666. The minimum Gasteiger partial charge on any atom is -0.399 e. The maximum Gasteiger partial charge on any atom is 0.200 e. The molecule has 4 saturated heterocycles. The van der Waals surface area contributed by atoms with E-state index in [2.05, 4.69) is 142 Å². The van der Waals surface area contributed by atoms with Gasteiger partial charge in [-0.05, 0) is 153 Å². The highest BCUT2D eigenvalue weighted by molar-refractivity contribution is 6.57. The maximum absolute atomic E-state index is 11.3. The van der Waals surface area contributed by atoms with E-state index in [1.807, 2.05) is 31.2 Å². The van der Waals surface area contributed by atoms with Gasteiger partial charge in [-0.3, -0.25) is 19.2 Å². The molecule has 0 aromatic heterocycles. The van der Waals surface area contributed by atoms with E-state index < -0.39 is 5.81 Å². The van der Waals surface area contributed by atoms with E-state index in [1.165, 1.54) is 70.8 Å². The van der Waals surface area contributed by atoms with Gasteiger partial charge < -0.3 is 40.9 Å². The minimum absolute atomic E-state index is 0. The fourth-order valence-corrected chi connectivity index (χ4v) is 9.50. The molecule has 15 heteroatoms. The average Bonchev–Trinajstić information content (AvgIpc) is 3.40. The summed E-state index contributed by atoms with van der Waals surface area (Å²) in [6.07, 6.45) is 9.82. The number of nitrogen functional groups attached to an aromatic ring is 1. The standard InChI is InChI=1S/C18H27BN2O.C17H28N2.C13H17BN2O.C7H9N.C6H8BNO2.H2/c1-14(2)8-13-21(16-6-4-15(3)5-7-16)17-9-11-20(12-10-17)18(19)22;1-14(2)10-13-19(17-8-11-18-12-9-17)16-6-4-15(3)5-7-16;1-10-2-4-11(5-3-10)15-12-6-8-16(9-7-12)13(14)17;1-6-2-4-7(8)5-3-6;7-6(10)8-3-1-5(9)2-4-8;/h4-7,14,17H,8-13H2,1-3H3;4-7,14,17-18H,8-13H2,1-3H3;2-5,12,15H,6-9H2,1H3;2-5H,8H2,1H3;1-4H2;1H. The molecule has 4 aliphatic rings. The van der Waals surface area contributed by atoms with Crippen molar-refractivity contribution in [3.63, 3.8) is 0 Å². The van der Waals surface area contributed by atoms with Crippen LogP contribution in [0.4, 0.5) is 37.1 Å². The number of hydrogen-bond acceptors (Lipinski definition) is 9. The summed E-state index contributed by atoms with van der Waals surface area (Å²) >= 11 is 0. The number of rotatable bonds is 12. The van der Waals surface area contributed by atoms with Gasteiger partial charge in [0.05, 0.1) is 0 Å². The number of hydrogen-bond donors (Lipinski definition) is 3. The molecule has 0 saturated carbocycles. The lowest BCUT2D eigenvalue weighted by molar-refractivity contribution is -0.120. The smallest absolute Gasteiger partial charge is 0.200 e. The molecule has 12 nitrogen and oxygen atoms in total. The van der Waals surface area contributed by atoms with Crippen LogP contribution in [0.2, 0.25) is 0 Å². The highest BCUT2D eigenvalue weighted by atomic mass is 16.2. The van der Waals surface area contributed by atoms with Gasteiger partial charge in [0.15, 0.2) is 17.4 Å². The Morgan fingerprint density at radius 2 is 0.895 bits per heavy atom. The zero-order chi connectivity index (χ0) is 55.6. The lowest BCUT2D eigenvalue weighted by atomic mass is 9.98. The molecule has 0 bridgehead atoms. The first-order valence-electron chi connectivity index (χ1n) is 27.9. The van der Waals surface area contributed by atoms with Crippen molar-refractivity contribution in [1.82, 2.24) is 20.0 Å². The Labute approximate surface area is 463 Å². The number of anilines is 4. The van der Waals surface area contributed by atoms with Crippen molar-refractivity contribution in [3.8, 4) is 0 Å². The fraction of sp³-hybridized carbons (Fsp3) is 0.541. The molecule has 0 unspecified atom stereocenters. The van der Waals surface area contributed by atoms with Crippen LogP contribution in [0.5, 0.6) is 0 Å². The SMILES string of the molecule is Cc1ccc(N(CCC(C)C)C2CCNCC2)cc1.Cc1ccc(N)cc1.[B]C(=O)N1CCC(=O)CC1.[B]C(=O)N1CCC(N(CCC(C)C)c2ccc(C)cc2)CC1.[B]C(=O)N1CCC(Nc2ccc(C)cc2)CC1.[HH]. The summed E-state index contributed by atoms with van der Waals surface area (Å²) in [5.41, 5.74) is 15.2. The molecule has 4 fully saturated rings. The number of amides is 3. The molecular weight excluding hydrogens is 941 g/mol. The van der Waals surface area contributed by atoms with Gasteiger partial charge in [0.2, 0.25) is 23.5 Å². The number of Topliss-reactive ketones (excluding diaryl/α,β-unsaturated/α-hetero) is 1. The van der Waals surface area contributed by atoms with Crippen LogP contribution in [-0.4, -0.2) is 145 Å². The third kappa shape index (κ3) is 23.7. The lowest BCUT2D eigenvalue weighted by Gasteiger charge is -2.40. The summed E-state index contributed by atoms with van der Waals surface area (Å²) in [6.45, 7) is 26.2. The monoisotopic (exact) mass is 1030 g/mol. The van der Waals surface area contributed by atoms with Crippen LogP contribution in [0.3, 0.4) is 0 Å². The molecule has 0 spiro atoms. The third-order valence-corrected chi connectivity index (χ3v) is 14.5. The first-order valence-corrected chi connectivity index (χ1v) is 27.9. The third-order valence-electron chi connectivity index (χ3n) is 14.5. The van der Waals surface area contributed by atoms with E-state index in [4.69, 9.17) is 29.3 Å². The first-order chi connectivity index (χ1) is 36.3. The van der Waals surface area contributed by atoms with E-state index >= 15 is 0 Å². The number of likely N-dealkylation sites (tertiary alicyclic amines) is 3. The largest absolute Gasteiger partial charge is 0.399 e. The zero-order valence-corrected chi connectivity index (χ0v) is 47.4. The van der Waals surface area contributed by atoms with Crippen LogP contribution >= 0.6 is 0 Å². The number of ketones is 1. The van der Waals surface area contributed by atoms with Gasteiger partial charge in [0.25, 0.3) is 0 Å². The first kappa shape index (κ1) is 62.9. The van der Waals surface area contributed by atoms with Crippen molar-refractivity contribution in [2.45, 2.75) is 138 Å². The second-order valence-electron chi connectivity index (χ2n) is 21.8. The Balaban J connectivity index is 0.000000262. The van der Waals surface area contributed by atoms with Gasteiger partial charge in [-0.15, -0.1) is 0 Å². The van der Waals surface area contributed by atoms with Crippen molar-refractivity contribution in [3.05, 3.63) is 119 Å². The quantitative estimate of drug-likeness (QED) is 0.0936. The van der Waals surface area contributed by atoms with Crippen LogP contribution < -0.4 is 26.2 Å². The number of nitrogens with zero attached hydrogens (tertiary/aromatic N) is 5. The van der Waals surface area contributed by atoms with Gasteiger partial charge in [-0.1, -0.05) is 98.5 Å². The second-order valence-corrected chi connectivity index (χ2v) is 21.8. The highest BCUT2D eigenvalue weighted by Gasteiger charge is 2.26. The molecule has 4 aliphatic heterocycles. The summed E-state index contributed by atoms with van der Waals surface area (Å²) in [6, 6.07) is 35.7. The minimum atomic E-state index is -0.424. The molecule has 0 atom stereocenters. The Hall–Kier alpha value is -5.69. The van der Waals surface area contributed by atoms with Crippen LogP contribution in [0.15, 0.2) is 97.1 Å². The molecule has 3 amide bonds. The van der Waals surface area contributed by atoms with Crippen LogP contribution in [0.1, 0.15) is 116 Å². The van der Waals surface area contributed by atoms with Crippen molar-refractivity contribution in [2.24, 2.45) is 11.8 Å². The average molecular weight is 1030 g/mol. The van der Waals surface area contributed by atoms with E-state index in [1.54, 1.807) is 9.80 Å². The number of carbonyl (C=O) groups excluding carboxylic acids is 4. The van der Waals surface area contributed by atoms with Crippen LogP contribution in [-0.2, 0) is 4.79 Å². The number of nitrogens with two attached hydrogens (primary N) is 1. The Morgan fingerprint density at radius 1 is 0.553 bits per heavy atom. The predicted octanol–water partition coefficient (Wildman–Crippen LogP) is 11.1. The number of benzene rings is 4. The molecule has 4 heterocycles. The molecule has 4 aromatic carbocycles. The number of aryl methyl sites for hydroxylation is 4. The van der Waals surface area contributed by atoms with E-state index in [-0.39, 0.29) is 18.8 Å². The van der Waals surface area contributed by atoms with Gasteiger partial charge >= 0.3 is 0 Å². The van der Waals surface area contributed by atoms with Crippen molar-refractivity contribution in [1.29, 1.82) is 0 Å². The van der Waals surface area contributed by atoms with Crippen LogP contribution in [0, 0.1) is 39.5 Å². The second kappa shape index (κ2) is 33.5. The van der Waals surface area contributed by atoms with E-state index in [0.29, 0.717) is 50.0 Å². The molecule has 6 radical (unpaired) electrons.